The molecular weight excluding hydrogens is 465 g/mol. The minimum Gasteiger partial charge on any atom is -0.486 e. The van der Waals surface area contributed by atoms with Crippen LogP contribution < -0.4 is 10.1 Å². The van der Waals surface area contributed by atoms with Gasteiger partial charge < -0.3 is 15.0 Å². The highest BCUT2D eigenvalue weighted by Crippen LogP contribution is 2.38. The van der Waals surface area contributed by atoms with Crippen molar-refractivity contribution in [2.45, 2.75) is 46.3 Å². The predicted octanol–water partition coefficient (Wildman–Crippen LogP) is 5.13. The van der Waals surface area contributed by atoms with Crippen LogP contribution in [0.5, 0.6) is 5.75 Å². The average molecular weight is 496 g/mol. The van der Waals surface area contributed by atoms with E-state index in [1.807, 2.05) is 49.9 Å². The molecule has 0 unspecified atom stereocenters. The fraction of sp³-hybridized carbons (Fsp3) is 0.370. The lowest BCUT2D eigenvalue weighted by molar-refractivity contribution is -0.136. The molecule has 0 radical (unpaired) electrons. The highest BCUT2D eigenvalue weighted by molar-refractivity contribution is 7.09. The van der Waals surface area contributed by atoms with Crippen molar-refractivity contribution in [3.63, 3.8) is 0 Å². The number of carbonyl (C=O) groups excluding carboxylic acids is 2. The van der Waals surface area contributed by atoms with Crippen molar-refractivity contribution in [3.05, 3.63) is 81.1 Å². The van der Waals surface area contributed by atoms with E-state index in [0.29, 0.717) is 29.5 Å². The quantitative estimate of drug-likeness (QED) is 0.470. The number of fused-ring (bicyclic) bond motifs is 1. The molecule has 1 aromatic heterocycles. The van der Waals surface area contributed by atoms with Crippen LogP contribution >= 0.6 is 11.3 Å². The molecule has 1 aliphatic rings. The lowest BCUT2D eigenvalue weighted by Gasteiger charge is -2.39. The van der Waals surface area contributed by atoms with Gasteiger partial charge in [0.15, 0.2) is 0 Å². The van der Waals surface area contributed by atoms with Gasteiger partial charge in [-0.2, -0.15) is 0 Å². The van der Waals surface area contributed by atoms with Gasteiger partial charge in [-0.05, 0) is 53.8 Å². The summed E-state index contributed by atoms with van der Waals surface area (Å²) in [6, 6.07) is 11.9. The van der Waals surface area contributed by atoms with Gasteiger partial charge in [0.25, 0.3) is 5.91 Å². The van der Waals surface area contributed by atoms with Crippen molar-refractivity contribution in [1.29, 1.82) is 0 Å². The Labute approximate surface area is 209 Å². The summed E-state index contributed by atoms with van der Waals surface area (Å²) < 4.78 is 20.2. The second-order valence-electron chi connectivity index (χ2n) is 8.93. The fourth-order valence-electron chi connectivity index (χ4n) is 4.24. The van der Waals surface area contributed by atoms with E-state index in [1.54, 1.807) is 11.4 Å². The number of hydrogen-bond acceptors (Lipinski definition) is 5. The van der Waals surface area contributed by atoms with Crippen LogP contribution in [0, 0.1) is 11.7 Å². The van der Waals surface area contributed by atoms with Gasteiger partial charge in [-0.15, -0.1) is 11.3 Å². The van der Waals surface area contributed by atoms with Crippen LogP contribution in [0.25, 0.3) is 0 Å². The smallest absolute Gasteiger partial charge is 0.270 e. The van der Waals surface area contributed by atoms with Gasteiger partial charge in [0.1, 0.15) is 28.9 Å². The average Bonchev–Trinajstić information content (AvgIpc) is 3.34. The van der Waals surface area contributed by atoms with E-state index in [-0.39, 0.29) is 36.2 Å². The second-order valence-corrected chi connectivity index (χ2v) is 9.87. The molecule has 0 spiro atoms. The first-order valence-corrected chi connectivity index (χ1v) is 12.8. The van der Waals surface area contributed by atoms with Gasteiger partial charge in [0.05, 0.1) is 6.04 Å². The van der Waals surface area contributed by atoms with Crippen molar-refractivity contribution in [2.75, 3.05) is 13.1 Å². The molecular formula is C27H30FN3O3S. The Balaban J connectivity index is 1.58. The number of ether oxygens (including phenoxy) is 1. The number of hydrogen-bond donors (Lipinski definition) is 1. The highest BCUT2D eigenvalue weighted by Gasteiger charge is 2.33. The molecule has 35 heavy (non-hydrogen) atoms. The maximum absolute atomic E-state index is 14.1. The molecule has 3 aromatic rings. The van der Waals surface area contributed by atoms with Gasteiger partial charge >= 0.3 is 0 Å². The number of rotatable bonds is 8. The second kappa shape index (κ2) is 11.0. The van der Waals surface area contributed by atoms with Gasteiger partial charge in [-0.25, -0.2) is 9.37 Å². The first-order chi connectivity index (χ1) is 16.9. The Hall–Kier alpha value is -3.26. The molecule has 8 heteroatoms. The van der Waals surface area contributed by atoms with Crippen LogP contribution in [0.4, 0.5) is 4.39 Å². The maximum Gasteiger partial charge on any atom is 0.270 e. The molecule has 2 amide bonds. The SMILES string of the molecule is CCCNC(=O)c1csc(COc2ccc3c(c2)[C@H](c2cccc(F)c2)N(C(=O)C(C)C)CC3)n1. The largest absolute Gasteiger partial charge is 0.486 e. The summed E-state index contributed by atoms with van der Waals surface area (Å²) >= 11 is 1.37. The van der Waals surface area contributed by atoms with Crippen LogP contribution in [-0.4, -0.2) is 34.8 Å². The molecule has 0 saturated heterocycles. The Bertz CT molecular complexity index is 1210. The zero-order valence-electron chi connectivity index (χ0n) is 20.2. The number of nitrogens with one attached hydrogen (secondary N) is 1. The van der Waals surface area contributed by atoms with Gasteiger partial charge in [0, 0.05) is 24.4 Å². The van der Waals surface area contributed by atoms with Gasteiger partial charge in [-0.3, -0.25) is 9.59 Å². The summed E-state index contributed by atoms with van der Waals surface area (Å²) in [5.41, 5.74) is 3.18. The van der Waals surface area contributed by atoms with Crippen molar-refractivity contribution >= 4 is 23.2 Å². The van der Waals surface area contributed by atoms with E-state index in [2.05, 4.69) is 10.3 Å². The Kier molecular flexibility index (Phi) is 7.80. The first kappa shape index (κ1) is 24.9. The number of amides is 2. The summed E-state index contributed by atoms with van der Waals surface area (Å²) in [4.78, 5) is 31.4. The van der Waals surface area contributed by atoms with E-state index in [9.17, 15) is 14.0 Å². The monoisotopic (exact) mass is 495 g/mol. The summed E-state index contributed by atoms with van der Waals surface area (Å²) in [6.07, 6.45) is 1.59. The number of carbonyl (C=O) groups is 2. The van der Waals surface area contributed by atoms with Gasteiger partial charge in [-0.1, -0.05) is 39.0 Å². The molecule has 0 bridgehead atoms. The molecule has 1 atom stereocenters. The molecule has 2 heterocycles. The summed E-state index contributed by atoms with van der Waals surface area (Å²) in [5, 5.41) is 5.25. The molecule has 1 aliphatic heterocycles. The van der Waals surface area contributed by atoms with Gasteiger partial charge in [0.2, 0.25) is 5.91 Å². The molecule has 1 N–H and O–H groups in total. The number of nitrogens with zero attached hydrogens (tertiary/aromatic N) is 2. The van der Waals surface area contributed by atoms with Crippen molar-refractivity contribution in [1.82, 2.24) is 15.2 Å². The number of aromatic nitrogens is 1. The molecule has 2 aromatic carbocycles. The minimum absolute atomic E-state index is 0.0351. The number of benzene rings is 2. The highest BCUT2D eigenvalue weighted by atomic mass is 32.1. The molecule has 0 aliphatic carbocycles. The van der Waals surface area contributed by atoms with Crippen LogP contribution in [0.15, 0.2) is 47.8 Å². The first-order valence-electron chi connectivity index (χ1n) is 11.9. The maximum atomic E-state index is 14.1. The topological polar surface area (TPSA) is 71.5 Å². The Morgan fingerprint density at radius 1 is 1.26 bits per heavy atom. The Morgan fingerprint density at radius 2 is 2.09 bits per heavy atom. The molecule has 184 valence electrons. The summed E-state index contributed by atoms with van der Waals surface area (Å²) in [6.45, 7) is 7.17. The van der Waals surface area contributed by atoms with Crippen LogP contribution in [0.1, 0.15) is 65.4 Å². The van der Waals surface area contributed by atoms with E-state index < -0.39 is 0 Å². The Morgan fingerprint density at radius 3 is 2.83 bits per heavy atom. The summed E-state index contributed by atoms with van der Waals surface area (Å²) in [5.74, 6) is -0.0118. The third-order valence-corrected chi connectivity index (χ3v) is 6.79. The molecule has 0 fully saturated rings. The standard InChI is InChI=1S/C27H30FN3O3S/c1-4-11-29-26(32)23-16-35-24(30-23)15-34-21-9-8-18-10-12-31(27(33)17(2)3)25(22(18)14-21)19-6-5-7-20(28)13-19/h5-9,13-14,16-17,25H,4,10-12,15H2,1-3H3,(H,29,32)/t25-/m0/s1. The minimum atomic E-state index is -0.387. The van der Waals surface area contributed by atoms with E-state index in [1.165, 1.54) is 23.5 Å². The zero-order chi connectivity index (χ0) is 24.9. The third-order valence-electron chi connectivity index (χ3n) is 5.97. The zero-order valence-corrected chi connectivity index (χ0v) is 21.0. The van der Waals surface area contributed by atoms with Crippen LogP contribution in [0.2, 0.25) is 0 Å². The molecule has 6 nitrogen and oxygen atoms in total. The van der Waals surface area contributed by atoms with Crippen molar-refractivity contribution in [2.24, 2.45) is 5.92 Å². The lowest BCUT2D eigenvalue weighted by atomic mass is 9.87. The molecule has 0 saturated carbocycles. The van der Waals surface area contributed by atoms with E-state index >= 15 is 0 Å². The normalized spacial score (nSPS) is 15.1. The fourth-order valence-corrected chi connectivity index (χ4v) is 4.93. The predicted molar refractivity (Wildman–Crippen MR) is 134 cm³/mol. The van der Waals surface area contributed by atoms with E-state index in [0.717, 1.165) is 29.5 Å². The van der Waals surface area contributed by atoms with Crippen LogP contribution in [-0.2, 0) is 17.8 Å². The molecule has 4 rings (SSSR count). The summed E-state index contributed by atoms with van der Waals surface area (Å²) in [7, 11) is 0. The van der Waals surface area contributed by atoms with E-state index in [4.69, 9.17) is 4.74 Å². The van der Waals surface area contributed by atoms with Crippen molar-refractivity contribution < 1.29 is 18.7 Å². The lowest BCUT2D eigenvalue weighted by Crippen LogP contribution is -2.42. The third kappa shape index (κ3) is 5.70. The van der Waals surface area contributed by atoms with Crippen LogP contribution in [0.3, 0.4) is 0 Å². The van der Waals surface area contributed by atoms with Crippen molar-refractivity contribution in [3.8, 4) is 5.75 Å². The number of halogens is 1. The number of thiazole rings is 1.